The molecular formula is C38H24N6. The highest BCUT2D eigenvalue weighted by Crippen LogP contribution is 2.33. The van der Waals surface area contributed by atoms with E-state index < -0.39 is 6.17 Å². The van der Waals surface area contributed by atoms with Gasteiger partial charge in [0.1, 0.15) is 17.4 Å². The summed E-state index contributed by atoms with van der Waals surface area (Å²) in [6.07, 6.45) is -0.683. The lowest BCUT2D eigenvalue weighted by Gasteiger charge is -2.23. The minimum atomic E-state index is -0.683. The van der Waals surface area contributed by atoms with E-state index >= 15 is 0 Å². The van der Waals surface area contributed by atoms with Crippen molar-refractivity contribution in [2.75, 3.05) is 0 Å². The quantitative estimate of drug-likeness (QED) is 0.235. The van der Waals surface area contributed by atoms with Gasteiger partial charge in [-0.3, -0.25) is 0 Å². The molecule has 2 heterocycles. The molecule has 1 aliphatic rings. The fraction of sp³-hybridized carbons (Fsp3) is 0.0263. The Morgan fingerprint density at radius 2 is 1.09 bits per heavy atom. The van der Waals surface area contributed by atoms with E-state index in [1.54, 1.807) is 6.07 Å². The van der Waals surface area contributed by atoms with Gasteiger partial charge in [-0.15, -0.1) is 0 Å². The predicted octanol–water partition coefficient (Wildman–Crippen LogP) is 7.97. The first-order valence-electron chi connectivity index (χ1n) is 14.4. The summed E-state index contributed by atoms with van der Waals surface area (Å²) < 4.78 is 0. The van der Waals surface area contributed by atoms with Crippen molar-refractivity contribution >= 4 is 44.2 Å². The monoisotopic (exact) mass is 564 g/mol. The number of nitriles is 1. The molecule has 0 unspecified atom stereocenters. The third-order valence-electron chi connectivity index (χ3n) is 7.89. The van der Waals surface area contributed by atoms with Crippen molar-refractivity contribution in [1.82, 2.24) is 15.3 Å². The summed E-state index contributed by atoms with van der Waals surface area (Å²) in [6, 6.07) is 46.7. The van der Waals surface area contributed by atoms with E-state index in [-0.39, 0.29) is 0 Å². The summed E-state index contributed by atoms with van der Waals surface area (Å²) in [7, 11) is 0. The summed E-state index contributed by atoms with van der Waals surface area (Å²) in [6.45, 7) is 0. The Morgan fingerprint density at radius 1 is 0.523 bits per heavy atom. The van der Waals surface area contributed by atoms with Crippen LogP contribution in [0.25, 0.3) is 43.8 Å². The van der Waals surface area contributed by atoms with E-state index in [0.717, 1.165) is 49.3 Å². The van der Waals surface area contributed by atoms with Gasteiger partial charge in [0.15, 0.2) is 6.17 Å². The van der Waals surface area contributed by atoms with Crippen LogP contribution in [0.2, 0.25) is 0 Å². The van der Waals surface area contributed by atoms with E-state index in [9.17, 15) is 5.26 Å². The van der Waals surface area contributed by atoms with Crippen LogP contribution >= 0.6 is 0 Å². The summed E-state index contributed by atoms with van der Waals surface area (Å²) in [5, 5.41) is 17.7. The second-order valence-electron chi connectivity index (χ2n) is 10.7. The number of aliphatic imine (C=N–C) groups is 2. The van der Waals surface area contributed by atoms with E-state index in [1.807, 2.05) is 66.7 Å². The Labute approximate surface area is 253 Å². The number of para-hydroxylation sites is 2. The molecule has 0 atom stereocenters. The van der Waals surface area contributed by atoms with Gasteiger partial charge in [-0.1, -0.05) is 97.1 Å². The fourth-order valence-electron chi connectivity index (χ4n) is 5.68. The summed E-state index contributed by atoms with van der Waals surface area (Å²) in [5.41, 5.74) is 6.03. The average Bonchev–Trinajstić information content (AvgIpc) is 3.10. The van der Waals surface area contributed by atoms with Crippen molar-refractivity contribution in [2.45, 2.75) is 6.17 Å². The zero-order chi connectivity index (χ0) is 29.5. The van der Waals surface area contributed by atoms with Gasteiger partial charge in [0.05, 0.1) is 28.4 Å². The first kappa shape index (κ1) is 25.5. The number of hydrogen-bond acceptors (Lipinski definition) is 6. The summed E-state index contributed by atoms with van der Waals surface area (Å²) in [5.74, 6) is 1.40. The number of amidine groups is 2. The molecular weight excluding hydrogens is 540 g/mol. The van der Waals surface area contributed by atoms with Gasteiger partial charge in [-0.25, -0.2) is 20.0 Å². The van der Waals surface area contributed by atoms with Crippen LogP contribution in [0.1, 0.15) is 28.6 Å². The highest BCUT2D eigenvalue weighted by Gasteiger charge is 2.26. The zero-order valence-electron chi connectivity index (χ0n) is 23.5. The van der Waals surface area contributed by atoms with Crippen LogP contribution in [0.5, 0.6) is 0 Å². The molecule has 0 bridgehead atoms. The van der Waals surface area contributed by atoms with Crippen LogP contribution in [-0.4, -0.2) is 21.6 Å². The van der Waals surface area contributed by atoms with Crippen LogP contribution in [0.4, 0.5) is 0 Å². The molecule has 6 aromatic carbocycles. The normalized spacial score (nSPS) is 13.3. The molecule has 0 saturated carbocycles. The minimum absolute atomic E-state index is 0.550. The van der Waals surface area contributed by atoms with Gasteiger partial charge in [0, 0.05) is 16.7 Å². The van der Waals surface area contributed by atoms with Gasteiger partial charge in [0.2, 0.25) is 0 Å². The number of nitrogens with one attached hydrogen (secondary N) is 1. The largest absolute Gasteiger partial charge is 0.324 e. The lowest BCUT2D eigenvalue weighted by Crippen LogP contribution is -2.36. The Kier molecular flexibility index (Phi) is 6.13. The molecule has 6 heteroatoms. The minimum Gasteiger partial charge on any atom is -0.324 e. The van der Waals surface area contributed by atoms with Crippen molar-refractivity contribution in [1.29, 1.82) is 5.26 Å². The Hall–Kier alpha value is -6.19. The van der Waals surface area contributed by atoms with Crippen LogP contribution in [-0.2, 0) is 0 Å². The Bertz CT molecular complexity index is 2250. The van der Waals surface area contributed by atoms with Gasteiger partial charge in [-0.05, 0) is 57.9 Å². The molecule has 1 aliphatic heterocycles. The summed E-state index contributed by atoms with van der Waals surface area (Å²) in [4.78, 5) is 20.4. The van der Waals surface area contributed by atoms with Crippen molar-refractivity contribution in [3.05, 3.63) is 156 Å². The number of aromatic nitrogens is 2. The molecule has 0 spiro atoms. The van der Waals surface area contributed by atoms with Gasteiger partial charge in [-0.2, -0.15) is 5.26 Å². The van der Waals surface area contributed by atoms with Crippen molar-refractivity contribution < 1.29 is 0 Å². The average molecular weight is 565 g/mol. The molecule has 0 aliphatic carbocycles. The smallest absolute Gasteiger partial charge is 0.188 e. The molecule has 0 amide bonds. The van der Waals surface area contributed by atoms with E-state index in [0.29, 0.717) is 28.6 Å². The first-order chi connectivity index (χ1) is 21.7. The molecule has 44 heavy (non-hydrogen) atoms. The number of fused-ring (bicyclic) bond motifs is 3. The number of hydrogen-bond donors (Lipinski definition) is 1. The van der Waals surface area contributed by atoms with Gasteiger partial charge >= 0.3 is 0 Å². The third-order valence-corrected chi connectivity index (χ3v) is 7.89. The molecule has 0 saturated heterocycles. The second-order valence-corrected chi connectivity index (χ2v) is 10.7. The van der Waals surface area contributed by atoms with E-state index in [1.165, 1.54) is 0 Å². The Morgan fingerprint density at radius 3 is 1.70 bits per heavy atom. The Balaban J connectivity index is 1.35. The van der Waals surface area contributed by atoms with Gasteiger partial charge < -0.3 is 5.32 Å². The fourth-order valence-corrected chi connectivity index (χ4v) is 5.68. The molecule has 1 aromatic heterocycles. The van der Waals surface area contributed by atoms with E-state index in [2.05, 4.69) is 72.0 Å². The molecule has 8 rings (SSSR count). The number of rotatable bonds is 4. The third kappa shape index (κ3) is 4.63. The summed E-state index contributed by atoms with van der Waals surface area (Å²) >= 11 is 0. The zero-order valence-corrected chi connectivity index (χ0v) is 23.5. The van der Waals surface area contributed by atoms with Crippen molar-refractivity contribution in [3.63, 3.8) is 0 Å². The van der Waals surface area contributed by atoms with Gasteiger partial charge in [0.25, 0.3) is 0 Å². The van der Waals surface area contributed by atoms with Crippen LogP contribution < -0.4 is 5.32 Å². The standard InChI is InChI=1S/C38H24N6/c39-23-24-8-7-13-29(20-24)34-35(41-33-15-6-5-14-32(33)40-34)38-43-36(30-18-16-25-9-1-3-11-27(25)21-30)42-37(44-38)31-19-17-26-10-2-4-12-28(26)22-31/h1-22,38H,(H,42,43,44). The maximum absolute atomic E-state index is 9.63. The lowest BCUT2D eigenvalue weighted by molar-refractivity contribution is 0.730. The number of benzene rings is 6. The highest BCUT2D eigenvalue weighted by molar-refractivity contribution is 6.17. The topological polar surface area (TPSA) is 86.3 Å². The molecule has 0 radical (unpaired) electrons. The van der Waals surface area contributed by atoms with Crippen molar-refractivity contribution in [2.24, 2.45) is 9.98 Å². The van der Waals surface area contributed by atoms with E-state index in [4.69, 9.17) is 20.0 Å². The maximum atomic E-state index is 9.63. The highest BCUT2D eigenvalue weighted by atomic mass is 15.2. The van der Waals surface area contributed by atoms with Crippen molar-refractivity contribution in [3.8, 4) is 17.3 Å². The molecule has 1 N–H and O–H groups in total. The second kappa shape index (κ2) is 10.6. The van der Waals surface area contributed by atoms with Crippen LogP contribution in [0.3, 0.4) is 0 Å². The first-order valence-corrected chi connectivity index (χ1v) is 14.4. The van der Waals surface area contributed by atoms with Crippen LogP contribution in [0.15, 0.2) is 143 Å². The SMILES string of the molecule is N#Cc1cccc(-c2nc3ccccc3nc2C2N=C(c3ccc4ccccc4c3)NC(c3ccc4ccccc4c3)=N2)c1. The molecule has 7 aromatic rings. The number of nitrogens with zero attached hydrogens (tertiary/aromatic N) is 5. The molecule has 206 valence electrons. The van der Waals surface area contributed by atoms with Crippen LogP contribution in [0, 0.1) is 11.3 Å². The lowest BCUT2D eigenvalue weighted by atomic mass is 10.0. The molecule has 6 nitrogen and oxygen atoms in total. The predicted molar refractivity (Wildman–Crippen MR) is 177 cm³/mol. The molecule has 0 fully saturated rings. The maximum Gasteiger partial charge on any atom is 0.188 e.